The van der Waals surface area contributed by atoms with Crippen LogP contribution in [0, 0.1) is 6.92 Å². The van der Waals surface area contributed by atoms with E-state index in [1.165, 1.54) is 33.5 Å². The van der Waals surface area contributed by atoms with Crippen molar-refractivity contribution in [1.29, 1.82) is 0 Å². The Balaban J connectivity index is 1.74. The number of nitrogens with zero attached hydrogens (tertiary/aromatic N) is 3. The smallest absolute Gasteiger partial charge is 0.270 e. The highest BCUT2D eigenvalue weighted by Gasteiger charge is 2.28. The van der Waals surface area contributed by atoms with Crippen molar-refractivity contribution >= 4 is 26.8 Å². The summed E-state index contributed by atoms with van der Waals surface area (Å²) in [6, 6.07) is 10.2. The molecular formula is C21H22N4O6S. The minimum atomic E-state index is -4.13. The van der Waals surface area contributed by atoms with E-state index >= 15 is 0 Å². The first-order valence-corrected chi connectivity index (χ1v) is 11.0. The first-order chi connectivity index (χ1) is 15.4. The van der Waals surface area contributed by atoms with Gasteiger partial charge in [0.25, 0.3) is 10.0 Å². The van der Waals surface area contributed by atoms with E-state index in [1.807, 2.05) is 19.2 Å². The lowest BCUT2D eigenvalue weighted by atomic mass is 10.1. The van der Waals surface area contributed by atoms with Gasteiger partial charge in [0, 0.05) is 6.20 Å². The molecule has 2 aromatic heterocycles. The minimum Gasteiger partial charge on any atom is -0.496 e. The molecule has 0 fully saturated rings. The quantitative estimate of drug-likeness (QED) is 0.428. The van der Waals surface area contributed by atoms with E-state index in [1.54, 1.807) is 22.9 Å². The van der Waals surface area contributed by atoms with Crippen molar-refractivity contribution in [3.8, 4) is 17.2 Å². The molecule has 2 heterocycles. The molecule has 0 bridgehead atoms. The molecule has 32 heavy (non-hydrogen) atoms. The van der Waals surface area contributed by atoms with Crippen molar-refractivity contribution < 1.29 is 27.2 Å². The van der Waals surface area contributed by atoms with Crippen LogP contribution in [0.2, 0.25) is 0 Å². The van der Waals surface area contributed by atoms with Gasteiger partial charge in [-0.1, -0.05) is 11.2 Å². The van der Waals surface area contributed by atoms with Crippen LogP contribution in [-0.4, -0.2) is 44.7 Å². The second-order valence-corrected chi connectivity index (χ2v) is 8.57. The average Bonchev–Trinajstić information content (AvgIpc) is 3.37. The molecule has 1 N–H and O–H groups in total. The molecule has 0 aliphatic rings. The Morgan fingerprint density at radius 2 is 1.72 bits per heavy atom. The van der Waals surface area contributed by atoms with Crippen LogP contribution < -0.4 is 18.9 Å². The van der Waals surface area contributed by atoms with Crippen molar-refractivity contribution in [2.24, 2.45) is 0 Å². The summed E-state index contributed by atoms with van der Waals surface area (Å²) in [4.78, 5) is -0.147. The van der Waals surface area contributed by atoms with Crippen molar-refractivity contribution in [1.82, 2.24) is 14.9 Å². The molecule has 0 atom stereocenters. The number of fused-ring (bicyclic) bond motifs is 1. The predicted molar refractivity (Wildman–Crippen MR) is 117 cm³/mol. The first kappa shape index (κ1) is 21.5. The SMILES string of the molecule is COc1cccc(OC)c1S(=O)(=O)Nc1noc2cc(Cn3ccc(C)n3)cc(OC)c12. The monoisotopic (exact) mass is 458 g/mol. The van der Waals surface area contributed by atoms with Gasteiger partial charge < -0.3 is 18.7 Å². The maximum Gasteiger partial charge on any atom is 0.270 e. The number of nitrogens with one attached hydrogen (secondary N) is 1. The van der Waals surface area contributed by atoms with Gasteiger partial charge in [0.2, 0.25) is 0 Å². The van der Waals surface area contributed by atoms with E-state index in [0.717, 1.165) is 11.3 Å². The van der Waals surface area contributed by atoms with Crippen LogP contribution in [0.4, 0.5) is 5.82 Å². The van der Waals surface area contributed by atoms with Gasteiger partial charge in [-0.15, -0.1) is 0 Å². The molecular weight excluding hydrogens is 436 g/mol. The second kappa shape index (κ2) is 8.42. The second-order valence-electron chi connectivity index (χ2n) is 6.95. The maximum atomic E-state index is 13.2. The third-order valence-electron chi connectivity index (χ3n) is 4.82. The van der Waals surface area contributed by atoms with Crippen LogP contribution in [0.3, 0.4) is 0 Å². The van der Waals surface area contributed by atoms with Gasteiger partial charge in [-0.3, -0.25) is 9.40 Å². The lowest BCUT2D eigenvalue weighted by Crippen LogP contribution is -2.15. The number of benzene rings is 2. The van der Waals surface area contributed by atoms with Gasteiger partial charge in [-0.05, 0) is 42.8 Å². The zero-order chi connectivity index (χ0) is 22.9. The fourth-order valence-electron chi connectivity index (χ4n) is 3.41. The topological polar surface area (TPSA) is 118 Å². The lowest BCUT2D eigenvalue weighted by Gasteiger charge is -2.14. The largest absolute Gasteiger partial charge is 0.496 e. The molecule has 4 aromatic rings. The Hall–Kier alpha value is -3.73. The summed E-state index contributed by atoms with van der Waals surface area (Å²) >= 11 is 0. The molecule has 11 heteroatoms. The van der Waals surface area contributed by atoms with Crippen LogP contribution in [0.1, 0.15) is 11.3 Å². The Morgan fingerprint density at radius 3 is 2.31 bits per heavy atom. The van der Waals surface area contributed by atoms with Crippen molar-refractivity contribution in [3.63, 3.8) is 0 Å². The Bertz CT molecular complexity index is 1350. The minimum absolute atomic E-state index is 0.00806. The van der Waals surface area contributed by atoms with E-state index in [9.17, 15) is 8.42 Å². The van der Waals surface area contributed by atoms with Gasteiger partial charge >= 0.3 is 0 Å². The Kier molecular flexibility index (Phi) is 5.66. The van der Waals surface area contributed by atoms with E-state index < -0.39 is 10.0 Å². The Morgan fingerprint density at radius 1 is 1.03 bits per heavy atom. The fourth-order valence-corrected chi connectivity index (χ4v) is 4.74. The number of aromatic nitrogens is 3. The van der Waals surface area contributed by atoms with Gasteiger partial charge in [0.15, 0.2) is 16.3 Å². The normalized spacial score (nSPS) is 11.5. The Labute approximate surface area is 184 Å². The molecule has 0 unspecified atom stereocenters. The van der Waals surface area contributed by atoms with E-state index in [4.69, 9.17) is 18.7 Å². The number of hydrogen-bond acceptors (Lipinski definition) is 8. The zero-order valence-corrected chi connectivity index (χ0v) is 18.8. The molecule has 168 valence electrons. The van der Waals surface area contributed by atoms with Gasteiger partial charge in [-0.25, -0.2) is 8.42 Å². The molecule has 2 aromatic carbocycles. The van der Waals surface area contributed by atoms with E-state index in [-0.39, 0.29) is 22.2 Å². The number of rotatable bonds is 8. The van der Waals surface area contributed by atoms with Crippen LogP contribution in [0.25, 0.3) is 11.0 Å². The summed E-state index contributed by atoms with van der Waals surface area (Å²) in [6.45, 7) is 2.39. The standard InChI is InChI=1S/C21H22N4O6S/c1-13-8-9-25(22-13)12-14-10-17(30-4)19-18(11-14)31-23-21(19)24-32(26,27)20-15(28-2)6-5-7-16(20)29-3/h5-11H,12H2,1-4H3,(H,23,24). The summed E-state index contributed by atoms with van der Waals surface area (Å²) < 4.78 is 52.0. The fraction of sp³-hybridized carbons (Fsp3) is 0.238. The zero-order valence-electron chi connectivity index (χ0n) is 17.9. The molecule has 10 nitrogen and oxygen atoms in total. The summed E-state index contributed by atoms with van der Waals surface area (Å²) in [6.07, 6.45) is 1.87. The molecule has 0 saturated carbocycles. The van der Waals surface area contributed by atoms with Crippen molar-refractivity contribution in [3.05, 3.63) is 53.9 Å². The van der Waals surface area contributed by atoms with E-state index in [2.05, 4.69) is 15.0 Å². The van der Waals surface area contributed by atoms with Gasteiger partial charge in [0.1, 0.15) is 22.6 Å². The summed E-state index contributed by atoms with van der Waals surface area (Å²) in [5, 5.41) is 8.70. The van der Waals surface area contributed by atoms with Crippen LogP contribution in [-0.2, 0) is 16.6 Å². The predicted octanol–water partition coefficient (Wildman–Crippen LogP) is 3.21. The van der Waals surface area contributed by atoms with Gasteiger partial charge in [-0.2, -0.15) is 5.10 Å². The van der Waals surface area contributed by atoms with Crippen LogP contribution in [0.15, 0.2) is 52.0 Å². The number of methoxy groups -OCH3 is 3. The molecule has 0 aliphatic heterocycles. The first-order valence-electron chi connectivity index (χ1n) is 9.56. The van der Waals surface area contributed by atoms with E-state index in [0.29, 0.717) is 23.3 Å². The maximum absolute atomic E-state index is 13.2. The van der Waals surface area contributed by atoms with Crippen LogP contribution >= 0.6 is 0 Å². The van der Waals surface area contributed by atoms with Crippen molar-refractivity contribution in [2.45, 2.75) is 18.4 Å². The number of sulfonamides is 1. The third-order valence-corrected chi connectivity index (χ3v) is 6.22. The lowest BCUT2D eigenvalue weighted by molar-refractivity contribution is 0.373. The van der Waals surface area contributed by atoms with Gasteiger partial charge in [0.05, 0.1) is 33.6 Å². The molecule has 0 spiro atoms. The van der Waals surface area contributed by atoms with Crippen LogP contribution in [0.5, 0.6) is 17.2 Å². The molecule has 0 aliphatic carbocycles. The van der Waals surface area contributed by atoms with Crippen molar-refractivity contribution in [2.75, 3.05) is 26.1 Å². The summed E-state index contributed by atoms with van der Waals surface area (Å²) in [5.41, 5.74) is 2.13. The molecule has 0 saturated heterocycles. The number of anilines is 1. The number of ether oxygens (including phenoxy) is 3. The molecule has 0 amide bonds. The molecule has 0 radical (unpaired) electrons. The highest BCUT2D eigenvalue weighted by Crippen LogP contribution is 2.38. The molecule has 4 rings (SSSR count). The highest BCUT2D eigenvalue weighted by molar-refractivity contribution is 7.93. The third kappa shape index (κ3) is 3.94. The highest BCUT2D eigenvalue weighted by atomic mass is 32.2. The summed E-state index contributed by atoms with van der Waals surface area (Å²) in [7, 11) is 0.118. The number of aryl methyl sites for hydroxylation is 1. The number of hydrogen-bond donors (Lipinski definition) is 1. The average molecular weight is 458 g/mol. The summed E-state index contributed by atoms with van der Waals surface area (Å²) in [5.74, 6) is 0.667.